The van der Waals surface area contributed by atoms with Gasteiger partial charge in [0.15, 0.2) is 0 Å². The number of aromatic nitrogens is 2. The second-order valence-corrected chi connectivity index (χ2v) is 10.3. The first kappa shape index (κ1) is 23.6. The van der Waals surface area contributed by atoms with E-state index in [-0.39, 0.29) is 18.4 Å². The van der Waals surface area contributed by atoms with Crippen LogP contribution in [0.25, 0.3) is 5.57 Å². The molecule has 176 valence electrons. The number of piperidine rings is 1. The van der Waals surface area contributed by atoms with Crippen molar-refractivity contribution in [2.45, 2.75) is 43.9 Å². The number of anilines is 2. The Morgan fingerprint density at radius 2 is 2.09 bits per heavy atom. The Labute approximate surface area is 195 Å². The normalized spacial score (nSPS) is 19.6. The molecule has 4 rings (SSSR count). The minimum Gasteiger partial charge on any atom is -0.395 e. The van der Waals surface area contributed by atoms with Crippen LogP contribution in [-0.2, 0) is 15.8 Å². The molecule has 2 heterocycles. The number of nitrogens with one attached hydrogen (secondary N) is 1. The molecule has 0 radical (unpaired) electrons. The number of primary sulfonamides is 1. The van der Waals surface area contributed by atoms with E-state index in [0.717, 1.165) is 49.3 Å². The molecule has 0 amide bonds. The fraction of sp³-hybridized carbons (Fsp3) is 0.417. The van der Waals surface area contributed by atoms with Crippen molar-refractivity contribution in [2.75, 3.05) is 25.0 Å². The smallest absolute Gasteiger partial charge is 0.213 e. The van der Waals surface area contributed by atoms with E-state index in [9.17, 15) is 13.5 Å². The standard InChI is InChI=1S/C24H31N5O3S/c25-33(31,32)16-19-6-4-8-21(12-19)28-24-13-23(26-17-27-24)20-7-3-5-18(11-20)14-29-10-2-1-9-22(29)15-30/h4,6-8,11-13,17,22,30H,1-3,5,9-10,14-16H2,(H2,25,31,32)(H,26,27,28). The molecule has 0 saturated carbocycles. The number of benzene rings is 1. The topological polar surface area (TPSA) is 121 Å². The number of aliphatic hydroxyl groups excluding tert-OH is 1. The Hall–Kier alpha value is -2.59. The summed E-state index contributed by atoms with van der Waals surface area (Å²) in [6.07, 6.45) is 11.4. The van der Waals surface area contributed by atoms with E-state index in [0.29, 0.717) is 11.4 Å². The highest BCUT2D eigenvalue weighted by molar-refractivity contribution is 7.88. The summed E-state index contributed by atoms with van der Waals surface area (Å²) in [4.78, 5) is 11.2. The summed E-state index contributed by atoms with van der Waals surface area (Å²) < 4.78 is 22.8. The zero-order valence-corrected chi connectivity index (χ0v) is 19.5. The quantitative estimate of drug-likeness (QED) is 0.543. The van der Waals surface area contributed by atoms with Crippen molar-refractivity contribution in [3.05, 3.63) is 65.6 Å². The maximum Gasteiger partial charge on any atom is 0.213 e. The number of nitrogens with two attached hydrogens (primary N) is 1. The van der Waals surface area contributed by atoms with Crippen LogP contribution in [-0.4, -0.2) is 54.1 Å². The van der Waals surface area contributed by atoms with Gasteiger partial charge in [-0.3, -0.25) is 4.90 Å². The molecule has 2 aliphatic rings. The molecule has 1 aromatic heterocycles. The third-order valence-electron chi connectivity index (χ3n) is 6.09. The number of allylic oxidation sites excluding steroid dienone is 3. The molecule has 0 bridgehead atoms. The number of nitrogens with zero attached hydrogens (tertiary/aromatic N) is 3. The SMILES string of the molecule is NS(=O)(=O)Cc1cccc(Nc2cc(C3=CCCC(CN4CCCCC4CO)=C3)ncn2)c1. The van der Waals surface area contributed by atoms with Crippen LogP contribution >= 0.6 is 0 Å². The molecule has 4 N–H and O–H groups in total. The van der Waals surface area contributed by atoms with Crippen molar-refractivity contribution < 1.29 is 13.5 Å². The van der Waals surface area contributed by atoms with Gasteiger partial charge in [-0.1, -0.05) is 36.3 Å². The number of sulfonamides is 1. The van der Waals surface area contributed by atoms with Gasteiger partial charge in [0.05, 0.1) is 18.1 Å². The van der Waals surface area contributed by atoms with E-state index in [2.05, 4.69) is 32.3 Å². The van der Waals surface area contributed by atoms with E-state index in [1.165, 1.54) is 24.7 Å². The van der Waals surface area contributed by atoms with E-state index in [4.69, 9.17) is 5.14 Å². The van der Waals surface area contributed by atoms with Crippen LogP contribution in [0.4, 0.5) is 11.5 Å². The Bertz CT molecular complexity index is 1150. The number of rotatable bonds is 8. The van der Waals surface area contributed by atoms with Crippen molar-refractivity contribution in [1.82, 2.24) is 14.9 Å². The van der Waals surface area contributed by atoms with Gasteiger partial charge in [0.1, 0.15) is 12.1 Å². The molecule has 1 unspecified atom stereocenters. The summed E-state index contributed by atoms with van der Waals surface area (Å²) in [5.74, 6) is 0.414. The maximum absolute atomic E-state index is 11.4. The van der Waals surface area contributed by atoms with Gasteiger partial charge in [-0.25, -0.2) is 23.5 Å². The molecular formula is C24H31N5O3S. The van der Waals surface area contributed by atoms with Crippen LogP contribution in [0.1, 0.15) is 43.4 Å². The summed E-state index contributed by atoms with van der Waals surface area (Å²) in [5.41, 5.74) is 4.61. The Kier molecular flexibility index (Phi) is 7.54. The monoisotopic (exact) mass is 469 g/mol. The number of hydrogen-bond donors (Lipinski definition) is 3. The van der Waals surface area contributed by atoms with Gasteiger partial charge >= 0.3 is 0 Å². The van der Waals surface area contributed by atoms with Crippen molar-refractivity contribution in [2.24, 2.45) is 5.14 Å². The predicted molar refractivity (Wildman–Crippen MR) is 130 cm³/mol. The lowest BCUT2D eigenvalue weighted by molar-refractivity contribution is 0.0979. The molecule has 8 nitrogen and oxygen atoms in total. The van der Waals surface area contributed by atoms with E-state index < -0.39 is 10.0 Å². The summed E-state index contributed by atoms with van der Waals surface area (Å²) in [6.45, 7) is 2.14. The molecule has 2 aromatic rings. The molecule has 1 aromatic carbocycles. The van der Waals surface area contributed by atoms with Crippen LogP contribution in [0.15, 0.2) is 54.4 Å². The van der Waals surface area contributed by atoms with Crippen LogP contribution < -0.4 is 10.5 Å². The minimum atomic E-state index is -3.59. The third kappa shape index (κ3) is 6.70. The van der Waals surface area contributed by atoms with Gasteiger partial charge in [0.25, 0.3) is 0 Å². The van der Waals surface area contributed by atoms with Crippen molar-refractivity contribution >= 4 is 27.1 Å². The Morgan fingerprint density at radius 3 is 2.91 bits per heavy atom. The number of hydrogen-bond acceptors (Lipinski definition) is 7. The fourth-order valence-electron chi connectivity index (χ4n) is 4.51. The fourth-order valence-corrected chi connectivity index (χ4v) is 5.15. The molecule has 1 aliphatic carbocycles. The number of likely N-dealkylation sites (tertiary alicyclic amines) is 1. The highest BCUT2D eigenvalue weighted by atomic mass is 32.2. The van der Waals surface area contributed by atoms with Gasteiger partial charge < -0.3 is 10.4 Å². The zero-order chi connectivity index (χ0) is 23.3. The minimum absolute atomic E-state index is 0.216. The highest BCUT2D eigenvalue weighted by Gasteiger charge is 2.23. The second kappa shape index (κ2) is 10.6. The molecular weight excluding hydrogens is 438 g/mol. The average Bonchev–Trinajstić information content (AvgIpc) is 2.79. The van der Waals surface area contributed by atoms with Gasteiger partial charge in [-0.15, -0.1) is 0 Å². The lowest BCUT2D eigenvalue weighted by Gasteiger charge is -2.35. The lowest BCUT2D eigenvalue weighted by Crippen LogP contribution is -2.42. The van der Waals surface area contributed by atoms with Crippen molar-refractivity contribution in [3.63, 3.8) is 0 Å². The van der Waals surface area contributed by atoms with Gasteiger partial charge in [-0.05, 0) is 55.5 Å². The molecule has 0 spiro atoms. The van der Waals surface area contributed by atoms with Crippen LogP contribution in [0.2, 0.25) is 0 Å². The Balaban J connectivity index is 1.47. The van der Waals surface area contributed by atoms with Crippen LogP contribution in [0, 0.1) is 0 Å². The van der Waals surface area contributed by atoms with Crippen molar-refractivity contribution in [3.8, 4) is 0 Å². The van der Waals surface area contributed by atoms with E-state index >= 15 is 0 Å². The first-order chi connectivity index (χ1) is 15.9. The van der Waals surface area contributed by atoms with Gasteiger partial charge in [0, 0.05) is 24.3 Å². The summed E-state index contributed by atoms with van der Waals surface area (Å²) in [7, 11) is -3.59. The lowest BCUT2D eigenvalue weighted by atomic mass is 9.95. The molecule has 33 heavy (non-hydrogen) atoms. The first-order valence-electron chi connectivity index (χ1n) is 11.3. The van der Waals surface area contributed by atoms with Crippen LogP contribution in [0.5, 0.6) is 0 Å². The number of aliphatic hydroxyl groups is 1. The largest absolute Gasteiger partial charge is 0.395 e. The second-order valence-electron chi connectivity index (χ2n) is 8.72. The molecule has 1 fully saturated rings. The summed E-state index contributed by atoms with van der Waals surface area (Å²) in [5, 5.41) is 18.1. The summed E-state index contributed by atoms with van der Waals surface area (Å²) in [6, 6.07) is 9.26. The third-order valence-corrected chi connectivity index (χ3v) is 6.82. The highest BCUT2D eigenvalue weighted by Crippen LogP contribution is 2.28. The predicted octanol–water partition coefficient (Wildman–Crippen LogP) is 2.96. The van der Waals surface area contributed by atoms with Crippen molar-refractivity contribution in [1.29, 1.82) is 0 Å². The summed E-state index contributed by atoms with van der Waals surface area (Å²) >= 11 is 0. The molecule has 1 saturated heterocycles. The van der Waals surface area contributed by atoms with Gasteiger partial charge in [-0.2, -0.15) is 0 Å². The average molecular weight is 470 g/mol. The van der Waals surface area contributed by atoms with E-state index in [1.54, 1.807) is 18.2 Å². The maximum atomic E-state index is 11.4. The van der Waals surface area contributed by atoms with Crippen LogP contribution in [0.3, 0.4) is 0 Å². The molecule has 9 heteroatoms. The first-order valence-corrected chi connectivity index (χ1v) is 13.0. The zero-order valence-electron chi connectivity index (χ0n) is 18.7. The van der Waals surface area contributed by atoms with Gasteiger partial charge in [0.2, 0.25) is 10.0 Å². The molecule has 1 atom stereocenters. The Morgan fingerprint density at radius 1 is 1.21 bits per heavy atom. The van der Waals surface area contributed by atoms with E-state index in [1.807, 2.05) is 12.1 Å². The molecule has 1 aliphatic heterocycles.